The maximum absolute atomic E-state index is 12.2. The summed E-state index contributed by atoms with van der Waals surface area (Å²) < 4.78 is 23.0. The zero-order chi connectivity index (χ0) is 17.3. The third-order valence-corrected chi connectivity index (χ3v) is 4.36. The number of hydrogen-bond donors (Lipinski definition) is 1. The molecule has 4 nitrogen and oxygen atoms in total. The maximum Gasteiger partial charge on any atom is 0.251 e. The molecule has 0 saturated carbocycles. The van der Waals surface area contributed by atoms with E-state index in [-0.39, 0.29) is 16.3 Å². The number of nitrogens with one attached hydrogen (secondary N) is 1. The number of benzene rings is 2. The maximum atomic E-state index is 12.2. The molecule has 122 valence electrons. The van der Waals surface area contributed by atoms with Gasteiger partial charge in [0.25, 0.3) is 5.91 Å². The molecular formula is C18H21NO3S. The van der Waals surface area contributed by atoms with Crippen molar-refractivity contribution in [2.45, 2.75) is 31.2 Å². The highest BCUT2D eigenvalue weighted by Gasteiger charge is 2.15. The summed E-state index contributed by atoms with van der Waals surface area (Å²) in [5, 5.41) is 2.92. The Morgan fingerprint density at radius 3 is 2.09 bits per heavy atom. The van der Waals surface area contributed by atoms with E-state index < -0.39 is 9.84 Å². The van der Waals surface area contributed by atoms with Crippen LogP contribution in [0.3, 0.4) is 0 Å². The molecule has 2 aromatic rings. The highest BCUT2D eigenvalue weighted by molar-refractivity contribution is 7.90. The van der Waals surface area contributed by atoms with Crippen LogP contribution in [0.25, 0.3) is 11.1 Å². The Morgan fingerprint density at radius 2 is 1.57 bits per heavy atom. The average molecular weight is 331 g/mol. The van der Waals surface area contributed by atoms with Gasteiger partial charge < -0.3 is 5.32 Å². The molecule has 1 amide bonds. The van der Waals surface area contributed by atoms with Gasteiger partial charge in [0.1, 0.15) is 0 Å². The Hall–Kier alpha value is -2.14. The molecule has 0 heterocycles. The van der Waals surface area contributed by atoms with Crippen molar-refractivity contribution in [3.8, 4) is 11.1 Å². The zero-order valence-electron chi connectivity index (χ0n) is 13.8. The summed E-state index contributed by atoms with van der Waals surface area (Å²) in [5.74, 6) is -0.132. The van der Waals surface area contributed by atoms with Crippen molar-refractivity contribution in [2.75, 3.05) is 6.26 Å². The third-order valence-electron chi connectivity index (χ3n) is 3.23. The normalized spacial score (nSPS) is 12.0. The van der Waals surface area contributed by atoms with E-state index in [1.54, 1.807) is 36.4 Å². The second kappa shape index (κ2) is 6.16. The summed E-state index contributed by atoms with van der Waals surface area (Å²) in [6, 6.07) is 13.9. The van der Waals surface area contributed by atoms with Crippen LogP contribution in [0.5, 0.6) is 0 Å². The third kappa shape index (κ3) is 4.66. The van der Waals surface area contributed by atoms with Crippen LogP contribution in [0, 0.1) is 0 Å². The molecule has 1 N–H and O–H groups in total. The van der Waals surface area contributed by atoms with E-state index >= 15 is 0 Å². The summed E-state index contributed by atoms with van der Waals surface area (Å²) in [5.41, 5.74) is 2.00. The number of hydrogen-bond acceptors (Lipinski definition) is 3. The molecule has 0 aromatic heterocycles. The molecule has 5 heteroatoms. The summed E-state index contributed by atoms with van der Waals surface area (Å²) >= 11 is 0. The van der Waals surface area contributed by atoms with Crippen LogP contribution in [0.15, 0.2) is 53.4 Å². The molecule has 0 aliphatic heterocycles. The van der Waals surface area contributed by atoms with Gasteiger partial charge in [0.2, 0.25) is 0 Å². The van der Waals surface area contributed by atoms with Crippen LogP contribution in [0.4, 0.5) is 0 Å². The quantitative estimate of drug-likeness (QED) is 0.939. The van der Waals surface area contributed by atoms with Gasteiger partial charge in [-0.25, -0.2) is 8.42 Å². The largest absolute Gasteiger partial charge is 0.347 e. The first kappa shape index (κ1) is 17.2. The summed E-state index contributed by atoms with van der Waals surface area (Å²) in [6.07, 6.45) is 1.18. The van der Waals surface area contributed by atoms with Gasteiger partial charge in [-0.15, -0.1) is 0 Å². The molecular weight excluding hydrogens is 310 g/mol. The lowest BCUT2D eigenvalue weighted by atomic mass is 10.0. The van der Waals surface area contributed by atoms with Crippen molar-refractivity contribution in [1.82, 2.24) is 5.32 Å². The topological polar surface area (TPSA) is 63.2 Å². The standard InChI is InChI=1S/C18H21NO3S/c1-18(2,3)19-17(20)15-7-5-6-14(12-15)13-8-10-16(11-9-13)23(4,21)22/h5-12H,1-4H3,(H,19,20). The minimum Gasteiger partial charge on any atom is -0.347 e. The highest BCUT2D eigenvalue weighted by Crippen LogP contribution is 2.22. The fraction of sp³-hybridized carbons (Fsp3) is 0.278. The van der Waals surface area contributed by atoms with Crippen LogP contribution in [-0.2, 0) is 9.84 Å². The molecule has 23 heavy (non-hydrogen) atoms. The minimum atomic E-state index is -3.21. The fourth-order valence-electron chi connectivity index (χ4n) is 2.15. The molecule has 0 atom stereocenters. The van der Waals surface area contributed by atoms with Gasteiger partial charge in [-0.2, -0.15) is 0 Å². The molecule has 0 aliphatic carbocycles. The molecule has 2 rings (SSSR count). The van der Waals surface area contributed by atoms with Crippen LogP contribution in [-0.4, -0.2) is 26.1 Å². The molecule has 0 spiro atoms. The van der Waals surface area contributed by atoms with Crippen LogP contribution in [0.2, 0.25) is 0 Å². The summed E-state index contributed by atoms with van der Waals surface area (Å²) in [6.45, 7) is 5.79. The van der Waals surface area contributed by atoms with E-state index in [1.165, 1.54) is 6.26 Å². The van der Waals surface area contributed by atoms with Gasteiger partial charge in [0.05, 0.1) is 4.90 Å². The monoisotopic (exact) mass is 331 g/mol. The smallest absolute Gasteiger partial charge is 0.251 e. The number of sulfone groups is 1. The molecule has 2 aromatic carbocycles. The van der Waals surface area contributed by atoms with Crippen molar-refractivity contribution in [2.24, 2.45) is 0 Å². The van der Waals surface area contributed by atoms with Crippen molar-refractivity contribution in [3.63, 3.8) is 0 Å². The van der Waals surface area contributed by atoms with Gasteiger partial charge in [0.15, 0.2) is 9.84 Å². The van der Waals surface area contributed by atoms with Crippen LogP contribution in [0.1, 0.15) is 31.1 Å². The van der Waals surface area contributed by atoms with Crippen molar-refractivity contribution in [1.29, 1.82) is 0 Å². The number of amides is 1. The molecule has 0 bridgehead atoms. The lowest BCUT2D eigenvalue weighted by Gasteiger charge is -2.20. The Bertz CT molecular complexity index is 816. The van der Waals surface area contributed by atoms with E-state index in [0.29, 0.717) is 5.56 Å². The number of carbonyl (C=O) groups is 1. The van der Waals surface area contributed by atoms with E-state index in [9.17, 15) is 13.2 Å². The molecule has 0 saturated heterocycles. The first-order valence-corrected chi connectivity index (χ1v) is 9.18. The Balaban J connectivity index is 2.31. The Labute approximate surface area is 137 Å². The summed E-state index contributed by atoms with van der Waals surface area (Å²) in [7, 11) is -3.21. The van der Waals surface area contributed by atoms with Crippen molar-refractivity contribution < 1.29 is 13.2 Å². The van der Waals surface area contributed by atoms with Gasteiger partial charge in [-0.3, -0.25) is 4.79 Å². The molecule has 0 unspecified atom stereocenters. The minimum absolute atomic E-state index is 0.132. The first-order valence-electron chi connectivity index (χ1n) is 7.29. The van der Waals surface area contributed by atoms with Gasteiger partial charge in [0, 0.05) is 17.4 Å². The Morgan fingerprint density at radius 1 is 0.957 bits per heavy atom. The van der Waals surface area contributed by atoms with E-state index in [2.05, 4.69) is 5.32 Å². The van der Waals surface area contributed by atoms with Crippen LogP contribution >= 0.6 is 0 Å². The SMILES string of the molecule is CC(C)(C)NC(=O)c1cccc(-c2ccc(S(C)(=O)=O)cc2)c1. The van der Waals surface area contributed by atoms with Gasteiger partial charge >= 0.3 is 0 Å². The molecule has 0 radical (unpaired) electrons. The van der Waals surface area contributed by atoms with Crippen LogP contribution < -0.4 is 5.32 Å². The van der Waals surface area contributed by atoms with Gasteiger partial charge in [-0.1, -0.05) is 24.3 Å². The highest BCUT2D eigenvalue weighted by atomic mass is 32.2. The van der Waals surface area contributed by atoms with E-state index in [1.807, 2.05) is 32.9 Å². The zero-order valence-corrected chi connectivity index (χ0v) is 14.6. The number of rotatable bonds is 3. The van der Waals surface area contributed by atoms with Crippen molar-refractivity contribution >= 4 is 15.7 Å². The second-order valence-corrected chi connectivity index (χ2v) is 8.60. The lowest BCUT2D eigenvalue weighted by Crippen LogP contribution is -2.40. The van der Waals surface area contributed by atoms with E-state index in [4.69, 9.17) is 0 Å². The first-order chi connectivity index (χ1) is 10.6. The number of carbonyl (C=O) groups excluding carboxylic acids is 1. The molecule has 0 aliphatic rings. The van der Waals surface area contributed by atoms with E-state index in [0.717, 1.165) is 11.1 Å². The average Bonchev–Trinajstić information content (AvgIpc) is 2.45. The lowest BCUT2D eigenvalue weighted by molar-refractivity contribution is 0.0919. The Kier molecular flexibility index (Phi) is 4.61. The fourth-order valence-corrected chi connectivity index (χ4v) is 2.78. The van der Waals surface area contributed by atoms with Crippen molar-refractivity contribution in [3.05, 3.63) is 54.1 Å². The molecule has 0 fully saturated rings. The predicted octanol–water partition coefficient (Wildman–Crippen LogP) is 3.29. The second-order valence-electron chi connectivity index (χ2n) is 6.58. The summed E-state index contributed by atoms with van der Waals surface area (Å²) in [4.78, 5) is 12.5. The predicted molar refractivity (Wildman–Crippen MR) is 92.2 cm³/mol. The van der Waals surface area contributed by atoms with Gasteiger partial charge in [-0.05, 0) is 56.2 Å².